The summed E-state index contributed by atoms with van der Waals surface area (Å²) in [5, 5.41) is 18.4. The largest absolute Gasteiger partial charge is 0.496 e. The number of benzene rings is 1. The highest BCUT2D eigenvalue weighted by atomic mass is 16.5. The molecule has 23 heavy (non-hydrogen) atoms. The molecule has 0 amide bonds. The van der Waals surface area contributed by atoms with Crippen molar-refractivity contribution in [3.05, 3.63) is 53.9 Å². The lowest BCUT2D eigenvalue weighted by atomic mass is 10.2. The standard InChI is InChI=1S/C16H12N2O5/c1-23-12-5-3-2-4-10(12)14-17-13(16(21)22)11-8-9(15(19)20)6-7-18(11)14/h2-8H,1H3,(H,19,20)(H,21,22). The van der Waals surface area contributed by atoms with Crippen molar-refractivity contribution in [2.75, 3.05) is 7.11 Å². The molecule has 0 saturated heterocycles. The molecule has 7 nitrogen and oxygen atoms in total. The molecular formula is C16H12N2O5. The third-order valence-corrected chi connectivity index (χ3v) is 3.44. The van der Waals surface area contributed by atoms with Gasteiger partial charge in [-0.25, -0.2) is 14.6 Å². The predicted octanol–water partition coefficient (Wildman–Crippen LogP) is 2.41. The molecule has 1 aromatic carbocycles. The molecule has 0 unspecified atom stereocenters. The van der Waals surface area contributed by atoms with E-state index in [-0.39, 0.29) is 16.8 Å². The van der Waals surface area contributed by atoms with E-state index in [1.54, 1.807) is 24.3 Å². The van der Waals surface area contributed by atoms with E-state index in [1.807, 2.05) is 0 Å². The molecule has 0 aliphatic carbocycles. The van der Waals surface area contributed by atoms with Crippen LogP contribution < -0.4 is 4.74 Å². The lowest BCUT2D eigenvalue weighted by molar-refractivity contribution is 0.0682. The molecule has 2 N–H and O–H groups in total. The van der Waals surface area contributed by atoms with Crippen LogP contribution in [0.2, 0.25) is 0 Å². The average molecular weight is 312 g/mol. The molecule has 0 radical (unpaired) electrons. The van der Waals surface area contributed by atoms with Gasteiger partial charge in [0, 0.05) is 6.20 Å². The number of hydrogen-bond acceptors (Lipinski definition) is 4. The maximum atomic E-state index is 11.4. The molecule has 0 spiro atoms. The fourth-order valence-corrected chi connectivity index (χ4v) is 2.39. The summed E-state index contributed by atoms with van der Waals surface area (Å²) >= 11 is 0. The van der Waals surface area contributed by atoms with Crippen molar-refractivity contribution >= 4 is 17.5 Å². The van der Waals surface area contributed by atoms with Crippen LogP contribution in [0.3, 0.4) is 0 Å². The Morgan fingerprint density at radius 2 is 1.87 bits per heavy atom. The van der Waals surface area contributed by atoms with Crippen LogP contribution in [0.25, 0.3) is 16.9 Å². The van der Waals surface area contributed by atoms with E-state index in [1.165, 1.54) is 29.8 Å². The Morgan fingerprint density at radius 1 is 1.13 bits per heavy atom. The normalized spacial score (nSPS) is 10.7. The summed E-state index contributed by atoms with van der Waals surface area (Å²) in [6.07, 6.45) is 1.49. The van der Waals surface area contributed by atoms with Gasteiger partial charge in [-0.15, -0.1) is 0 Å². The van der Waals surface area contributed by atoms with Gasteiger partial charge in [0.25, 0.3) is 0 Å². The van der Waals surface area contributed by atoms with Crippen LogP contribution in [0.5, 0.6) is 5.75 Å². The van der Waals surface area contributed by atoms with Crippen LogP contribution in [-0.4, -0.2) is 38.6 Å². The average Bonchev–Trinajstić information content (AvgIpc) is 2.93. The number of aromatic carboxylic acids is 2. The number of hydrogen-bond donors (Lipinski definition) is 2. The smallest absolute Gasteiger partial charge is 0.356 e. The molecule has 0 aliphatic rings. The molecular weight excluding hydrogens is 300 g/mol. The molecule has 7 heteroatoms. The zero-order valence-corrected chi connectivity index (χ0v) is 12.1. The molecule has 0 aliphatic heterocycles. The van der Waals surface area contributed by atoms with Crippen LogP contribution in [-0.2, 0) is 0 Å². The van der Waals surface area contributed by atoms with Crippen LogP contribution in [0.4, 0.5) is 0 Å². The first kappa shape index (κ1) is 14.6. The lowest BCUT2D eigenvalue weighted by Crippen LogP contribution is -2.00. The van der Waals surface area contributed by atoms with Gasteiger partial charge in [-0.3, -0.25) is 4.40 Å². The summed E-state index contributed by atoms with van der Waals surface area (Å²) in [7, 11) is 1.51. The minimum atomic E-state index is -1.23. The number of para-hydroxylation sites is 1. The van der Waals surface area contributed by atoms with E-state index in [0.717, 1.165) is 0 Å². The fourth-order valence-electron chi connectivity index (χ4n) is 2.39. The van der Waals surface area contributed by atoms with Crippen LogP contribution in [0.15, 0.2) is 42.6 Å². The van der Waals surface area contributed by atoms with Crippen molar-refractivity contribution in [2.24, 2.45) is 0 Å². The fraction of sp³-hybridized carbons (Fsp3) is 0.0625. The van der Waals surface area contributed by atoms with Crippen molar-refractivity contribution in [2.45, 2.75) is 0 Å². The Kier molecular flexibility index (Phi) is 3.46. The van der Waals surface area contributed by atoms with Crippen molar-refractivity contribution in [3.63, 3.8) is 0 Å². The van der Waals surface area contributed by atoms with Gasteiger partial charge in [-0.05, 0) is 24.3 Å². The second kappa shape index (κ2) is 5.45. The number of nitrogens with zero attached hydrogens (tertiary/aromatic N) is 2. The molecule has 2 heterocycles. The van der Waals surface area contributed by atoms with E-state index in [0.29, 0.717) is 17.1 Å². The van der Waals surface area contributed by atoms with Gasteiger partial charge in [0.15, 0.2) is 5.69 Å². The van der Waals surface area contributed by atoms with Gasteiger partial charge >= 0.3 is 11.9 Å². The van der Waals surface area contributed by atoms with E-state index in [9.17, 15) is 14.7 Å². The van der Waals surface area contributed by atoms with Crippen LogP contribution in [0, 0.1) is 0 Å². The lowest BCUT2D eigenvalue weighted by Gasteiger charge is -2.07. The van der Waals surface area contributed by atoms with Gasteiger partial charge in [0.1, 0.15) is 11.6 Å². The number of methoxy groups -OCH3 is 1. The summed E-state index contributed by atoms with van der Waals surface area (Å²) < 4.78 is 6.82. The third-order valence-electron chi connectivity index (χ3n) is 3.44. The van der Waals surface area contributed by atoms with Crippen molar-refractivity contribution in [3.8, 4) is 17.1 Å². The molecule has 0 fully saturated rings. The molecule has 2 aromatic heterocycles. The summed E-state index contributed by atoms with van der Waals surface area (Å²) in [6, 6.07) is 9.75. The molecule has 116 valence electrons. The molecule has 3 rings (SSSR count). The number of rotatable bonds is 4. The number of carboxylic acid groups (broad SMARTS) is 2. The maximum absolute atomic E-state index is 11.4. The Bertz CT molecular complexity index is 929. The molecule has 3 aromatic rings. The van der Waals surface area contributed by atoms with Crippen molar-refractivity contribution < 1.29 is 24.5 Å². The number of imidazole rings is 1. The van der Waals surface area contributed by atoms with E-state index in [2.05, 4.69) is 4.98 Å². The maximum Gasteiger partial charge on any atom is 0.356 e. The number of ether oxygens (including phenoxy) is 1. The summed E-state index contributed by atoms with van der Waals surface area (Å²) in [6.45, 7) is 0. The van der Waals surface area contributed by atoms with Crippen molar-refractivity contribution in [1.29, 1.82) is 0 Å². The predicted molar refractivity (Wildman–Crippen MR) is 81.1 cm³/mol. The number of pyridine rings is 1. The van der Waals surface area contributed by atoms with E-state index < -0.39 is 11.9 Å². The second-order valence-electron chi connectivity index (χ2n) is 4.77. The van der Waals surface area contributed by atoms with Crippen molar-refractivity contribution in [1.82, 2.24) is 9.38 Å². The van der Waals surface area contributed by atoms with Gasteiger partial charge in [-0.2, -0.15) is 0 Å². The highest BCUT2D eigenvalue weighted by Crippen LogP contribution is 2.30. The van der Waals surface area contributed by atoms with E-state index >= 15 is 0 Å². The number of carbonyl (C=O) groups is 2. The Labute approximate surface area is 130 Å². The van der Waals surface area contributed by atoms with Crippen LogP contribution in [0.1, 0.15) is 20.8 Å². The first-order valence-corrected chi connectivity index (χ1v) is 6.65. The highest BCUT2D eigenvalue weighted by Gasteiger charge is 2.20. The second-order valence-corrected chi connectivity index (χ2v) is 4.77. The monoisotopic (exact) mass is 312 g/mol. The third kappa shape index (κ3) is 2.38. The number of fused-ring (bicyclic) bond motifs is 1. The minimum Gasteiger partial charge on any atom is -0.496 e. The quantitative estimate of drug-likeness (QED) is 0.767. The highest BCUT2D eigenvalue weighted by molar-refractivity contribution is 5.97. The summed E-state index contributed by atoms with van der Waals surface area (Å²) in [5.74, 6) is -1.46. The zero-order chi connectivity index (χ0) is 16.6. The Morgan fingerprint density at radius 3 is 2.52 bits per heavy atom. The van der Waals surface area contributed by atoms with Gasteiger partial charge in [0.05, 0.1) is 23.8 Å². The topological polar surface area (TPSA) is 101 Å². The minimum absolute atomic E-state index is 0.00789. The van der Waals surface area contributed by atoms with Crippen LogP contribution >= 0.6 is 0 Å². The van der Waals surface area contributed by atoms with Gasteiger partial charge in [-0.1, -0.05) is 12.1 Å². The first-order valence-electron chi connectivity index (χ1n) is 6.65. The van der Waals surface area contributed by atoms with Gasteiger partial charge in [0.2, 0.25) is 0 Å². The Hall–Kier alpha value is -3.35. The summed E-state index contributed by atoms with van der Waals surface area (Å²) in [4.78, 5) is 26.7. The zero-order valence-electron chi connectivity index (χ0n) is 12.1. The summed E-state index contributed by atoms with van der Waals surface area (Å²) in [5.41, 5.74) is 0.597. The number of aromatic nitrogens is 2. The number of carboxylic acids is 2. The van der Waals surface area contributed by atoms with Gasteiger partial charge < -0.3 is 14.9 Å². The first-order chi connectivity index (χ1) is 11.0. The van der Waals surface area contributed by atoms with E-state index in [4.69, 9.17) is 9.84 Å². The molecule has 0 saturated carbocycles. The Balaban J connectivity index is 2.34. The SMILES string of the molecule is COc1ccccc1-c1nc(C(=O)O)c2cc(C(=O)O)ccn12. The molecule has 0 bridgehead atoms. The molecule has 0 atom stereocenters.